The predicted molar refractivity (Wildman–Crippen MR) is 96.9 cm³/mol. The van der Waals surface area contributed by atoms with E-state index in [1.54, 1.807) is 7.11 Å². The monoisotopic (exact) mass is 328 g/mol. The van der Waals surface area contributed by atoms with Gasteiger partial charge in [0, 0.05) is 17.4 Å². The molecule has 128 valence electrons. The van der Waals surface area contributed by atoms with E-state index in [1.807, 2.05) is 55.5 Å². The molecule has 0 heterocycles. The first-order valence-corrected chi connectivity index (χ1v) is 8.05. The van der Waals surface area contributed by atoms with Crippen molar-refractivity contribution in [2.24, 2.45) is 0 Å². The van der Waals surface area contributed by atoms with Crippen LogP contribution in [0.15, 0.2) is 48.5 Å². The topological polar surface area (TPSA) is 59.6 Å². The molecule has 0 saturated carbocycles. The number of nitrogens with one attached hydrogen (secondary N) is 2. The minimum Gasteiger partial charge on any atom is -0.497 e. The number of methoxy groups -OCH3 is 1. The lowest BCUT2D eigenvalue weighted by molar-refractivity contribution is -0.114. The quantitative estimate of drug-likeness (QED) is 0.771. The van der Waals surface area contributed by atoms with Crippen LogP contribution in [0.25, 0.3) is 0 Å². The van der Waals surface area contributed by atoms with E-state index >= 15 is 0 Å². The normalized spacial score (nSPS) is 11.5. The van der Waals surface area contributed by atoms with Crippen LogP contribution >= 0.6 is 0 Å². The van der Waals surface area contributed by atoms with E-state index in [0.717, 1.165) is 29.3 Å². The molecule has 2 aromatic carbocycles. The maximum atomic E-state index is 12.1. The van der Waals surface area contributed by atoms with Crippen molar-refractivity contribution in [3.05, 3.63) is 48.5 Å². The summed E-state index contributed by atoms with van der Waals surface area (Å²) in [7, 11) is 1.62. The zero-order chi connectivity index (χ0) is 17.4. The number of benzene rings is 2. The molecule has 2 aromatic rings. The second kappa shape index (κ2) is 8.82. The minimum absolute atomic E-state index is 0.119. The zero-order valence-electron chi connectivity index (χ0n) is 14.3. The summed E-state index contributed by atoms with van der Waals surface area (Å²) in [6, 6.07) is 14.8. The van der Waals surface area contributed by atoms with Crippen molar-refractivity contribution < 1.29 is 14.3 Å². The second-order valence-corrected chi connectivity index (χ2v) is 5.49. The Balaban J connectivity index is 1.86. The SMILES string of the molecule is CCC(C)Oc1cccc(NC(=O)CNc2ccc(OC)cc2)c1. The molecule has 0 aliphatic heterocycles. The highest BCUT2D eigenvalue weighted by atomic mass is 16.5. The van der Waals surface area contributed by atoms with Crippen LogP contribution in [-0.4, -0.2) is 25.7 Å². The van der Waals surface area contributed by atoms with Gasteiger partial charge in [0.15, 0.2) is 0 Å². The summed E-state index contributed by atoms with van der Waals surface area (Å²) in [5, 5.41) is 5.93. The standard InChI is InChI=1S/C19H24N2O3/c1-4-14(2)24-18-7-5-6-16(12-18)21-19(22)13-20-15-8-10-17(23-3)11-9-15/h5-12,14,20H,4,13H2,1-3H3,(H,21,22). The summed E-state index contributed by atoms with van der Waals surface area (Å²) >= 11 is 0. The van der Waals surface area contributed by atoms with E-state index in [4.69, 9.17) is 9.47 Å². The first-order chi connectivity index (χ1) is 11.6. The molecule has 0 aliphatic rings. The van der Waals surface area contributed by atoms with E-state index in [0.29, 0.717) is 0 Å². The summed E-state index contributed by atoms with van der Waals surface area (Å²) < 4.78 is 10.9. The summed E-state index contributed by atoms with van der Waals surface area (Å²) in [6.07, 6.45) is 1.08. The highest BCUT2D eigenvalue weighted by Crippen LogP contribution is 2.19. The molecule has 0 fully saturated rings. The van der Waals surface area contributed by atoms with Crippen molar-refractivity contribution in [2.75, 3.05) is 24.3 Å². The largest absolute Gasteiger partial charge is 0.497 e. The molecule has 0 aliphatic carbocycles. The van der Waals surface area contributed by atoms with Crippen LogP contribution in [0.4, 0.5) is 11.4 Å². The summed E-state index contributed by atoms with van der Waals surface area (Å²) in [5.41, 5.74) is 1.58. The van der Waals surface area contributed by atoms with Gasteiger partial charge in [0.1, 0.15) is 11.5 Å². The lowest BCUT2D eigenvalue weighted by atomic mass is 10.2. The van der Waals surface area contributed by atoms with E-state index in [1.165, 1.54) is 0 Å². The van der Waals surface area contributed by atoms with Crippen molar-refractivity contribution in [3.63, 3.8) is 0 Å². The van der Waals surface area contributed by atoms with Crippen molar-refractivity contribution in [1.82, 2.24) is 0 Å². The Morgan fingerprint density at radius 3 is 2.50 bits per heavy atom. The number of hydrogen-bond acceptors (Lipinski definition) is 4. The molecule has 1 amide bonds. The first kappa shape index (κ1) is 17.7. The Bertz CT molecular complexity index is 656. The average molecular weight is 328 g/mol. The highest BCUT2D eigenvalue weighted by Gasteiger charge is 2.05. The van der Waals surface area contributed by atoms with Crippen LogP contribution in [0, 0.1) is 0 Å². The molecule has 5 heteroatoms. The first-order valence-electron chi connectivity index (χ1n) is 8.05. The Morgan fingerprint density at radius 1 is 1.08 bits per heavy atom. The summed E-state index contributed by atoms with van der Waals surface area (Å²) in [5.74, 6) is 1.42. The van der Waals surface area contributed by atoms with Gasteiger partial charge in [-0.1, -0.05) is 13.0 Å². The maximum absolute atomic E-state index is 12.1. The number of ether oxygens (including phenoxy) is 2. The average Bonchev–Trinajstić information content (AvgIpc) is 2.60. The van der Waals surface area contributed by atoms with Gasteiger partial charge in [-0.05, 0) is 49.7 Å². The number of amides is 1. The molecule has 0 radical (unpaired) electrons. The van der Waals surface area contributed by atoms with Crippen molar-refractivity contribution in [1.29, 1.82) is 0 Å². The van der Waals surface area contributed by atoms with Gasteiger partial charge in [-0.15, -0.1) is 0 Å². The van der Waals surface area contributed by atoms with Crippen LogP contribution in [-0.2, 0) is 4.79 Å². The van der Waals surface area contributed by atoms with Gasteiger partial charge < -0.3 is 20.1 Å². The van der Waals surface area contributed by atoms with Crippen LogP contribution in [0.5, 0.6) is 11.5 Å². The molecule has 24 heavy (non-hydrogen) atoms. The van der Waals surface area contributed by atoms with Gasteiger partial charge in [0.25, 0.3) is 0 Å². The minimum atomic E-state index is -0.119. The fourth-order valence-corrected chi connectivity index (χ4v) is 2.06. The van der Waals surface area contributed by atoms with E-state index < -0.39 is 0 Å². The Labute approximate surface area is 143 Å². The highest BCUT2D eigenvalue weighted by molar-refractivity contribution is 5.93. The van der Waals surface area contributed by atoms with Crippen molar-refractivity contribution >= 4 is 17.3 Å². The molecular weight excluding hydrogens is 304 g/mol. The number of carbonyl (C=O) groups is 1. The molecule has 0 aromatic heterocycles. The third kappa shape index (κ3) is 5.50. The van der Waals surface area contributed by atoms with E-state index in [9.17, 15) is 4.79 Å². The van der Waals surface area contributed by atoms with Gasteiger partial charge >= 0.3 is 0 Å². The number of hydrogen-bond donors (Lipinski definition) is 2. The van der Waals surface area contributed by atoms with Gasteiger partial charge in [-0.25, -0.2) is 0 Å². The lowest BCUT2D eigenvalue weighted by Gasteiger charge is -2.14. The fraction of sp³-hybridized carbons (Fsp3) is 0.316. The Hall–Kier alpha value is -2.69. The summed E-state index contributed by atoms with van der Waals surface area (Å²) in [6.45, 7) is 4.27. The predicted octanol–water partition coefficient (Wildman–Crippen LogP) is 3.92. The number of anilines is 2. The van der Waals surface area contributed by atoms with Gasteiger partial charge in [0.2, 0.25) is 5.91 Å². The lowest BCUT2D eigenvalue weighted by Crippen LogP contribution is -2.21. The Kier molecular flexibility index (Phi) is 6.49. The third-order valence-electron chi connectivity index (χ3n) is 3.57. The fourth-order valence-electron chi connectivity index (χ4n) is 2.06. The van der Waals surface area contributed by atoms with Gasteiger partial charge in [0.05, 0.1) is 19.8 Å². The van der Waals surface area contributed by atoms with Gasteiger partial charge in [-0.2, -0.15) is 0 Å². The van der Waals surface area contributed by atoms with Crippen LogP contribution in [0.2, 0.25) is 0 Å². The van der Waals surface area contributed by atoms with Crippen LogP contribution in [0.1, 0.15) is 20.3 Å². The molecule has 5 nitrogen and oxygen atoms in total. The van der Waals surface area contributed by atoms with E-state index in [2.05, 4.69) is 17.6 Å². The Morgan fingerprint density at radius 2 is 1.83 bits per heavy atom. The second-order valence-electron chi connectivity index (χ2n) is 5.49. The van der Waals surface area contributed by atoms with Gasteiger partial charge in [-0.3, -0.25) is 4.79 Å². The van der Waals surface area contributed by atoms with Crippen LogP contribution in [0.3, 0.4) is 0 Å². The molecule has 0 bridgehead atoms. The third-order valence-corrected chi connectivity index (χ3v) is 3.57. The summed E-state index contributed by atoms with van der Waals surface area (Å²) in [4.78, 5) is 12.1. The van der Waals surface area contributed by atoms with E-state index in [-0.39, 0.29) is 18.6 Å². The number of rotatable bonds is 8. The molecule has 2 N–H and O–H groups in total. The molecule has 1 unspecified atom stereocenters. The molecule has 0 saturated heterocycles. The smallest absolute Gasteiger partial charge is 0.243 e. The van der Waals surface area contributed by atoms with Crippen LogP contribution < -0.4 is 20.1 Å². The molecule has 2 rings (SSSR count). The van der Waals surface area contributed by atoms with Crippen molar-refractivity contribution in [2.45, 2.75) is 26.4 Å². The molecule has 0 spiro atoms. The number of carbonyl (C=O) groups excluding carboxylic acids is 1. The maximum Gasteiger partial charge on any atom is 0.243 e. The molecule has 1 atom stereocenters. The van der Waals surface area contributed by atoms with Crippen molar-refractivity contribution in [3.8, 4) is 11.5 Å². The molecular formula is C19H24N2O3. The zero-order valence-corrected chi connectivity index (χ0v) is 14.3.